The Labute approximate surface area is 375 Å². The summed E-state index contributed by atoms with van der Waals surface area (Å²) in [5.74, 6) is -1.66. The van der Waals surface area contributed by atoms with Gasteiger partial charge in [-0.2, -0.15) is 0 Å². The molecule has 0 aliphatic heterocycles. The number of carbonyl (C=O) groups is 2. The summed E-state index contributed by atoms with van der Waals surface area (Å²) >= 11 is 0. The lowest BCUT2D eigenvalue weighted by Crippen LogP contribution is -2.50. The zero-order chi connectivity index (χ0) is 45.3. The Hall–Kier alpha value is -1.55. The second-order valence-electron chi connectivity index (χ2n) is 18.1. The minimum Gasteiger partial charge on any atom is -0.462 e. The third-order valence-electron chi connectivity index (χ3n) is 11.7. The predicted molar refractivity (Wildman–Crippen MR) is 253 cm³/mol. The largest absolute Gasteiger partial charge is 0.462 e. The molecule has 0 radical (unpaired) electrons. The molecule has 0 fully saturated rings. The first-order valence-electron chi connectivity index (χ1n) is 25.2. The van der Waals surface area contributed by atoms with Crippen molar-refractivity contribution in [3.63, 3.8) is 0 Å². The topological polar surface area (TPSA) is 140 Å². The molecule has 0 aromatic carbocycles. The Kier molecular flexibility index (Phi) is 40.1. The molecule has 11 heteroatoms. The lowest BCUT2D eigenvalue weighted by Gasteiger charge is -2.39. The number of esters is 2. The molecule has 0 bridgehead atoms. The Morgan fingerprint density at radius 1 is 0.541 bits per heavy atom. The Morgan fingerprint density at radius 3 is 1.38 bits per heavy atom. The zero-order valence-corrected chi connectivity index (χ0v) is 41.1. The molecule has 10 nitrogen and oxygen atoms in total. The van der Waals surface area contributed by atoms with Crippen LogP contribution in [0.25, 0.3) is 0 Å². The quantitative estimate of drug-likeness (QED) is 0.0136. The van der Waals surface area contributed by atoms with Gasteiger partial charge in [-0.25, -0.2) is 0 Å². The van der Waals surface area contributed by atoms with Crippen LogP contribution in [0.2, 0.25) is 0 Å². The monoisotopic (exact) mass is 887 g/mol. The van der Waals surface area contributed by atoms with Crippen molar-refractivity contribution in [1.82, 2.24) is 0 Å². The van der Waals surface area contributed by atoms with Crippen molar-refractivity contribution >= 4 is 19.5 Å². The van der Waals surface area contributed by atoms with Crippen molar-refractivity contribution in [3.8, 4) is 0 Å². The van der Waals surface area contributed by atoms with E-state index in [0.29, 0.717) is 25.7 Å². The molecule has 360 valence electrons. The molecule has 0 aromatic rings. The van der Waals surface area contributed by atoms with E-state index >= 15 is 0 Å². The summed E-state index contributed by atoms with van der Waals surface area (Å²) in [6.45, 7) is 6.17. The number of aliphatic hydroxyl groups is 2. The predicted octanol–water partition coefficient (Wildman–Crippen LogP) is 13.4. The highest BCUT2D eigenvalue weighted by Crippen LogP contribution is 2.52. The van der Waals surface area contributed by atoms with Gasteiger partial charge in [0.05, 0.1) is 27.2 Å². The van der Waals surface area contributed by atoms with E-state index in [0.717, 1.165) is 77.0 Å². The normalized spacial score (nSPS) is 14.2. The fourth-order valence-electron chi connectivity index (χ4n) is 7.66. The molecular formula is C50H97NO9P+. The highest BCUT2D eigenvalue weighted by Gasteiger charge is 2.45. The fourth-order valence-corrected chi connectivity index (χ4v) is 9.62. The van der Waals surface area contributed by atoms with E-state index < -0.39 is 31.7 Å². The van der Waals surface area contributed by atoms with Gasteiger partial charge >= 0.3 is 19.5 Å². The number of quaternary nitrogens is 1. The molecule has 0 rings (SSSR count). The van der Waals surface area contributed by atoms with Crippen LogP contribution in [-0.2, 0) is 28.2 Å². The summed E-state index contributed by atoms with van der Waals surface area (Å²) in [5, 5.41) is 19.0. The van der Waals surface area contributed by atoms with Gasteiger partial charge in [0.15, 0.2) is 18.2 Å². The van der Waals surface area contributed by atoms with Crippen LogP contribution in [0.1, 0.15) is 233 Å². The minimum atomic E-state index is -4.30. The van der Waals surface area contributed by atoms with Gasteiger partial charge in [-0.3, -0.25) is 14.2 Å². The smallest absolute Gasteiger partial charge is 0.385 e. The lowest BCUT2D eigenvalue weighted by molar-refractivity contribution is -0.904. The van der Waals surface area contributed by atoms with Crippen molar-refractivity contribution in [2.75, 3.05) is 33.9 Å². The molecule has 0 aliphatic carbocycles. The number of rotatable bonds is 45. The third kappa shape index (κ3) is 37.5. The first-order chi connectivity index (χ1) is 29.4. The zero-order valence-electron chi connectivity index (χ0n) is 40.2. The van der Waals surface area contributed by atoms with Crippen LogP contribution >= 0.6 is 7.60 Å². The first-order valence-corrected chi connectivity index (χ1v) is 26.8. The number of aliphatic hydroxyl groups excluding tert-OH is 1. The van der Waals surface area contributed by atoms with Crippen molar-refractivity contribution in [2.45, 2.75) is 251 Å². The number of allylic oxidation sites excluding steroid dienone is 4. The minimum absolute atomic E-state index is 0.0422. The molecule has 61 heavy (non-hydrogen) atoms. The molecule has 0 heterocycles. The Balaban J connectivity index is 4.96. The standard InChI is InChI=1S/C50H96NO9P/c1-6-9-12-14-16-18-20-22-24-26-28-30-32-34-37-40-49(54)58-44-46(45-59-61(56,57)47(39-36-11-8-3)51(4,5)43-42-48(52)53)60-50(55)41-38-35-33-31-29-27-25-23-21-19-17-15-13-10-7-2/h22-25,46-48,52-53H,6-21,26-45H2,1-5H3/p+1/b24-22-,25-23-/t46-,47?/m1/s1. The van der Waals surface area contributed by atoms with E-state index in [-0.39, 0.29) is 49.5 Å². The summed E-state index contributed by atoms with van der Waals surface area (Å²) in [6.07, 6.45) is 40.4. The van der Waals surface area contributed by atoms with Gasteiger partial charge in [-0.15, -0.1) is 0 Å². The third-order valence-corrected chi connectivity index (χ3v) is 13.8. The summed E-state index contributed by atoms with van der Waals surface area (Å²) in [6, 6.07) is 0. The van der Waals surface area contributed by atoms with E-state index in [1.807, 2.05) is 0 Å². The average Bonchev–Trinajstić information content (AvgIpc) is 3.22. The van der Waals surface area contributed by atoms with Gasteiger partial charge in [0.25, 0.3) is 0 Å². The SMILES string of the molecule is CCCCCCCC/C=C\CCCCCCCC(=O)OC[C@H](COP(=O)(O)C(CCCCC)[N+](C)(C)CCC(O)O)OC(=O)CCCCCCC/C=C\CCCCCCCC. The van der Waals surface area contributed by atoms with Gasteiger partial charge in [0.2, 0.25) is 0 Å². The van der Waals surface area contributed by atoms with E-state index in [4.69, 9.17) is 14.0 Å². The number of hydrogen-bond acceptors (Lipinski definition) is 8. The van der Waals surface area contributed by atoms with Crippen LogP contribution in [0.4, 0.5) is 0 Å². The second kappa shape index (κ2) is 41.2. The highest BCUT2D eigenvalue weighted by molar-refractivity contribution is 7.53. The van der Waals surface area contributed by atoms with Crippen LogP contribution in [0.5, 0.6) is 0 Å². The second-order valence-corrected chi connectivity index (χ2v) is 20.1. The molecule has 3 N–H and O–H groups in total. The molecular weight excluding hydrogens is 790 g/mol. The van der Waals surface area contributed by atoms with Gasteiger partial charge in [0.1, 0.15) is 6.61 Å². The van der Waals surface area contributed by atoms with Gasteiger partial charge in [-0.05, 0) is 70.6 Å². The Morgan fingerprint density at radius 2 is 0.934 bits per heavy atom. The Bertz CT molecular complexity index is 1130. The molecule has 2 unspecified atom stereocenters. The number of nitrogens with zero attached hydrogens (tertiary/aromatic N) is 1. The van der Waals surface area contributed by atoms with Crippen LogP contribution in [0, 0.1) is 0 Å². The first kappa shape index (κ1) is 59.5. The number of ether oxygens (including phenoxy) is 2. The maximum Gasteiger partial charge on any atom is 0.385 e. The average molecular weight is 887 g/mol. The molecule has 0 spiro atoms. The van der Waals surface area contributed by atoms with Crippen molar-refractivity contribution in [1.29, 1.82) is 0 Å². The molecule has 0 aromatic heterocycles. The molecule has 0 saturated heterocycles. The van der Waals surface area contributed by atoms with Gasteiger partial charge < -0.3 is 33.6 Å². The van der Waals surface area contributed by atoms with E-state index in [1.165, 1.54) is 89.9 Å². The van der Waals surface area contributed by atoms with Crippen molar-refractivity contribution < 1.29 is 47.7 Å². The molecule has 0 aliphatic rings. The highest BCUT2D eigenvalue weighted by atomic mass is 31.2. The summed E-state index contributed by atoms with van der Waals surface area (Å²) in [4.78, 5) is 37.1. The van der Waals surface area contributed by atoms with Crippen LogP contribution in [0.3, 0.4) is 0 Å². The van der Waals surface area contributed by atoms with E-state index in [9.17, 15) is 29.3 Å². The number of hydrogen-bond donors (Lipinski definition) is 3. The number of carbonyl (C=O) groups excluding carboxylic acids is 2. The summed E-state index contributed by atoms with van der Waals surface area (Å²) in [5.41, 5.74) is 0. The lowest BCUT2D eigenvalue weighted by atomic mass is 10.1. The van der Waals surface area contributed by atoms with Crippen LogP contribution in [0.15, 0.2) is 24.3 Å². The molecule has 0 saturated carbocycles. The van der Waals surface area contributed by atoms with E-state index in [1.54, 1.807) is 14.1 Å². The fraction of sp³-hybridized carbons (Fsp3) is 0.880. The maximum absolute atomic E-state index is 13.9. The van der Waals surface area contributed by atoms with Crippen LogP contribution < -0.4 is 0 Å². The van der Waals surface area contributed by atoms with Gasteiger partial charge in [-0.1, -0.05) is 161 Å². The number of unbranched alkanes of at least 4 members (excludes halogenated alkanes) is 24. The molecule has 0 amide bonds. The van der Waals surface area contributed by atoms with E-state index in [2.05, 4.69) is 45.1 Å². The summed E-state index contributed by atoms with van der Waals surface area (Å²) < 4.78 is 30.9. The van der Waals surface area contributed by atoms with Gasteiger partial charge in [0, 0.05) is 25.7 Å². The summed E-state index contributed by atoms with van der Waals surface area (Å²) in [7, 11) is -0.730. The van der Waals surface area contributed by atoms with Crippen molar-refractivity contribution in [2.24, 2.45) is 0 Å². The van der Waals surface area contributed by atoms with Crippen molar-refractivity contribution in [3.05, 3.63) is 24.3 Å². The van der Waals surface area contributed by atoms with Crippen LogP contribution in [-0.4, -0.2) is 83.6 Å². The molecule has 3 atom stereocenters. The maximum atomic E-state index is 13.9.